The minimum absolute atomic E-state index is 0.117. The average molecular weight is 211 g/mol. The van der Waals surface area contributed by atoms with Crippen molar-refractivity contribution in [3.8, 4) is 0 Å². The summed E-state index contributed by atoms with van der Waals surface area (Å²) in [6.07, 6.45) is 0. The lowest BCUT2D eigenvalue weighted by Crippen LogP contribution is -2.37. The van der Waals surface area contributed by atoms with Gasteiger partial charge in [-0.05, 0) is 0 Å². The third kappa shape index (κ3) is 4.61. The molecular weight excluding hydrogens is 198 g/mol. The van der Waals surface area contributed by atoms with Crippen LogP contribution in [0.3, 0.4) is 0 Å². The van der Waals surface area contributed by atoms with E-state index in [0.717, 1.165) is 0 Å². The first-order valence-corrected chi connectivity index (χ1v) is 4.07. The molecule has 0 rings (SSSR count). The van der Waals surface area contributed by atoms with Crippen LogP contribution in [0.2, 0.25) is 0 Å². The molecule has 0 atom stereocenters. The number of rotatable bonds is 4. The number of nitrogens with one attached hydrogen (secondary N) is 3. The third-order valence-electron chi connectivity index (χ3n) is 1.37. The molecule has 6 heteroatoms. The van der Waals surface area contributed by atoms with Crippen molar-refractivity contribution < 1.29 is 14.4 Å². The second kappa shape index (κ2) is 5.58. The number of amides is 3. The van der Waals surface area contributed by atoms with Gasteiger partial charge in [0.2, 0.25) is 5.91 Å². The molecule has 0 saturated heterocycles. The minimum Gasteiger partial charge on any atom is -0.354 e. The Labute approximate surface area is 87.4 Å². The van der Waals surface area contributed by atoms with Crippen molar-refractivity contribution in [3.63, 3.8) is 0 Å². The van der Waals surface area contributed by atoms with E-state index < -0.39 is 17.7 Å². The van der Waals surface area contributed by atoms with E-state index in [0.29, 0.717) is 0 Å². The fraction of sp³-hybridized carbons (Fsp3) is 0.222. The van der Waals surface area contributed by atoms with Crippen LogP contribution in [0.25, 0.3) is 0 Å². The highest BCUT2D eigenvalue weighted by atomic mass is 16.2. The summed E-state index contributed by atoms with van der Waals surface area (Å²) < 4.78 is 0. The zero-order chi connectivity index (χ0) is 12.0. The second-order valence-electron chi connectivity index (χ2n) is 2.67. The van der Waals surface area contributed by atoms with Gasteiger partial charge in [-0.1, -0.05) is 13.2 Å². The van der Waals surface area contributed by atoms with Gasteiger partial charge in [0, 0.05) is 14.0 Å². The van der Waals surface area contributed by atoms with E-state index in [-0.39, 0.29) is 11.4 Å². The molecule has 0 radical (unpaired) electrons. The summed E-state index contributed by atoms with van der Waals surface area (Å²) in [4.78, 5) is 32.8. The highest BCUT2D eigenvalue weighted by Gasteiger charge is 2.12. The lowest BCUT2D eigenvalue weighted by Gasteiger charge is -2.08. The van der Waals surface area contributed by atoms with Crippen LogP contribution in [-0.2, 0) is 14.4 Å². The molecule has 0 aromatic carbocycles. The Hall–Kier alpha value is -2.11. The fourth-order valence-electron chi connectivity index (χ4n) is 0.689. The summed E-state index contributed by atoms with van der Waals surface area (Å²) in [5.41, 5.74) is -0.262. The van der Waals surface area contributed by atoms with Gasteiger partial charge in [0.1, 0.15) is 0 Å². The fourth-order valence-corrected chi connectivity index (χ4v) is 0.689. The minimum atomic E-state index is -0.682. The van der Waals surface area contributed by atoms with Gasteiger partial charge < -0.3 is 16.0 Å². The van der Waals surface area contributed by atoms with Gasteiger partial charge in [0.25, 0.3) is 11.8 Å². The molecule has 82 valence electrons. The molecule has 15 heavy (non-hydrogen) atoms. The van der Waals surface area contributed by atoms with Crippen molar-refractivity contribution in [2.24, 2.45) is 0 Å². The van der Waals surface area contributed by atoms with Crippen molar-refractivity contribution in [2.75, 3.05) is 7.05 Å². The maximum atomic E-state index is 11.2. The Kier molecular flexibility index (Phi) is 4.80. The number of carbonyl (C=O) groups is 3. The summed E-state index contributed by atoms with van der Waals surface area (Å²) >= 11 is 0. The summed E-state index contributed by atoms with van der Waals surface area (Å²) in [7, 11) is 1.41. The molecule has 0 aromatic rings. The Morgan fingerprint density at radius 2 is 1.40 bits per heavy atom. The quantitative estimate of drug-likeness (QED) is 0.522. The van der Waals surface area contributed by atoms with Gasteiger partial charge >= 0.3 is 0 Å². The maximum absolute atomic E-state index is 11.2. The molecule has 6 nitrogen and oxygen atoms in total. The lowest BCUT2D eigenvalue weighted by molar-refractivity contribution is -0.123. The Bertz CT molecular complexity index is 333. The maximum Gasteiger partial charge on any atom is 0.271 e. The first-order valence-electron chi connectivity index (χ1n) is 4.07. The summed E-state index contributed by atoms with van der Waals surface area (Å²) in [5.74, 6) is -1.61. The summed E-state index contributed by atoms with van der Waals surface area (Å²) in [6.45, 7) is 7.89. The van der Waals surface area contributed by atoms with E-state index in [9.17, 15) is 14.4 Å². The molecule has 0 saturated carbocycles. The SMILES string of the molecule is C=C(NC(=O)C(=C)NC(C)=O)C(=O)NC. The molecule has 0 aliphatic heterocycles. The molecule has 0 aliphatic carbocycles. The molecule has 0 bridgehead atoms. The standard InChI is InChI=1S/C9H13N3O3/c1-5(8(14)10-4)12-9(15)6(2)11-7(3)13/h1-2H2,3-4H3,(H,10,14)(H,11,13)(H,12,15). The normalized spacial score (nSPS) is 8.67. The van der Waals surface area contributed by atoms with Gasteiger partial charge in [0.15, 0.2) is 0 Å². The number of carbonyl (C=O) groups excluding carboxylic acids is 3. The van der Waals surface area contributed by atoms with Crippen LogP contribution in [0.1, 0.15) is 6.92 Å². The molecule has 0 unspecified atom stereocenters. The topological polar surface area (TPSA) is 87.3 Å². The zero-order valence-corrected chi connectivity index (χ0v) is 8.64. The van der Waals surface area contributed by atoms with Crippen molar-refractivity contribution in [2.45, 2.75) is 6.92 Å². The summed E-state index contributed by atoms with van der Waals surface area (Å²) in [5, 5.41) is 6.64. The predicted octanol–water partition coefficient (Wildman–Crippen LogP) is -0.988. The van der Waals surface area contributed by atoms with E-state index >= 15 is 0 Å². The van der Waals surface area contributed by atoms with Crippen LogP contribution in [0, 0.1) is 0 Å². The predicted molar refractivity (Wildman–Crippen MR) is 54.3 cm³/mol. The highest BCUT2D eigenvalue weighted by Crippen LogP contribution is 1.89. The highest BCUT2D eigenvalue weighted by molar-refractivity contribution is 6.03. The molecule has 0 aliphatic rings. The van der Waals surface area contributed by atoms with E-state index in [1.165, 1.54) is 14.0 Å². The molecule has 3 N–H and O–H groups in total. The largest absolute Gasteiger partial charge is 0.354 e. The Morgan fingerprint density at radius 3 is 1.80 bits per heavy atom. The van der Waals surface area contributed by atoms with Crippen molar-refractivity contribution in [1.29, 1.82) is 0 Å². The first-order chi connectivity index (χ1) is 6.88. The van der Waals surface area contributed by atoms with Crippen LogP contribution >= 0.6 is 0 Å². The number of hydrogen-bond acceptors (Lipinski definition) is 3. The molecule has 0 aromatic heterocycles. The average Bonchev–Trinajstić information content (AvgIpc) is 2.15. The van der Waals surface area contributed by atoms with Crippen molar-refractivity contribution in [1.82, 2.24) is 16.0 Å². The third-order valence-corrected chi connectivity index (χ3v) is 1.37. The van der Waals surface area contributed by atoms with E-state index in [4.69, 9.17) is 0 Å². The van der Waals surface area contributed by atoms with Gasteiger partial charge in [-0.25, -0.2) is 0 Å². The smallest absolute Gasteiger partial charge is 0.271 e. The van der Waals surface area contributed by atoms with Gasteiger partial charge in [-0.3, -0.25) is 14.4 Å². The van der Waals surface area contributed by atoms with Crippen LogP contribution < -0.4 is 16.0 Å². The van der Waals surface area contributed by atoms with Gasteiger partial charge in [0.05, 0.1) is 11.4 Å². The second-order valence-corrected chi connectivity index (χ2v) is 2.67. The van der Waals surface area contributed by atoms with Crippen LogP contribution in [0.5, 0.6) is 0 Å². The molecule has 0 fully saturated rings. The van der Waals surface area contributed by atoms with Gasteiger partial charge in [-0.2, -0.15) is 0 Å². The molecule has 3 amide bonds. The van der Waals surface area contributed by atoms with E-state index in [1.54, 1.807) is 0 Å². The van der Waals surface area contributed by atoms with Crippen LogP contribution in [-0.4, -0.2) is 24.8 Å². The Morgan fingerprint density at radius 1 is 0.933 bits per heavy atom. The van der Waals surface area contributed by atoms with Crippen LogP contribution in [0.4, 0.5) is 0 Å². The van der Waals surface area contributed by atoms with Crippen molar-refractivity contribution >= 4 is 17.7 Å². The van der Waals surface area contributed by atoms with Crippen molar-refractivity contribution in [3.05, 3.63) is 24.6 Å². The first kappa shape index (κ1) is 12.9. The monoisotopic (exact) mass is 211 g/mol. The molecule has 0 heterocycles. The zero-order valence-electron chi connectivity index (χ0n) is 8.64. The Balaban J connectivity index is 4.25. The number of likely N-dealkylation sites (N-methyl/N-ethyl adjacent to an activating group) is 1. The molecular formula is C9H13N3O3. The van der Waals surface area contributed by atoms with E-state index in [2.05, 4.69) is 29.1 Å². The number of hydrogen-bond donors (Lipinski definition) is 3. The molecule has 0 spiro atoms. The lowest BCUT2D eigenvalue weighted by atomic mass is 10.4. The van der Waals surface area contributed by atoms with E-state index in [1.807, 2.05) is 0 Å². The van der Waals surface area contributed by atoms with Gasteiger partial charge in [-0.15, -0.1) is 0 Å². The summed E-state index contributed by atoms with van der Waals surface area (Å²) in [6, 6.07) is 0. The van der Waals surface area contributed by atoms with Crippen LogP contribution in [0.15, 0.2) is 24.6 Å².